The van der Waals surface area contributed by atoms with E-state index in [-0.39, 0.29) is 25.3 Å². The van der Waals surface area contributed by atoms with Crippen molar-refractivity contribution in [2.45, 2.75) is 18.9 Å². The summed E-state index contributed by atoms with van der Waals surface area (Å²) in [5.74, 6) is -1.82. The minimum atomic E-state index is -1.11. The van der Waals surface area contributed by atoms with Crippen LogP contribution in [0.4, 0.5) is 0 Å². The summed E-state index contributed by atoms with van der Waals surface area (Å²) in [6.07, 6.45) is 5.51. The summed E-state index contributed by atoms with van der Waals surface area (Å²) in [6, 6.07) is 17.7. The molecule has 2 aromatic rings. The van der Waals surface area contributed by atoms with Gasteiger partial charge in [0.2, 0.25) is 5.91 Å². The number of carboxylic acids is 1. The number of carbonyl (C=O) groups excluding carboxylic acids is 2. The molecule has 2 N–H and O–H groups in total. The Morgan fingerprint density at radius 1 is 1.09 bits per heavy atom. The first kappa shape index (κ1) is 23.4. The van der Waals surface area contributed by atoms with Crippen LogP contribution in [0.25, 0.3) is 6.08 Å². The van der Waals surface area contributed by atoms with Crippen LogP contribution in [0.2, 0.25) is 0 Å². The van der Waals surface area contributed by atoms with Crippen LogP contribution >= 0.6 is 24.0 Å². The zero-order valence-corrected chi connectivity index (χ0v) is 18.8. The number of nitrogens with one attached hydrogen (secondary N) is 1. The largest absolute Gasteiger partial charge is 0.480 e. The van der Waals surface area contributed by atoms with Gasteiger partial charge in [0.25, 0.3) is 5.91 Å². The van der Waals surface area contributed by atoms with Crippen LogP contribution in [0.15, 0.2) is 77.7 Å². The molecule has 3 rings (SSSR count). The fraction of sp³-hybridized carbons (Fsp3) is 0.167. The van der Waals surface area contributed by atoms with E-state index in [1.165, 1.54) is 16.7 Å². The number of allylic oxidation sites excluding steroid dienone is 2. The van der Waals surface area contributed by atoms with Crippen molar-refractivity contribution in [2.75, 3.05) is 6.54 Å². The van der Waals surface area contributed by atoms with Gasteiger partial charge in [0, 0.05) is 19.4 Å². The van der Waals surface area contributed by atoms with Gasteiger partial charge >= 0.3 is 5.97 Å². The predicted octanol–water partition coefficient (Wildman–Crippen LogP) is 3.65. The van der Waals surface area contributed by atoms with Crippen molar-refractivity contribution in [3.63, 3.8) is 0 Å². The Hall–Kier alpha value is -3.23. The number of nitrogens with zero attached hydrogens (tertiary/aromatic N) is 1. The highest BCUT2D eigenvalue weighted by molar-refractivity contribution is 8.26. The number of benzene rings is 2. The summed E-state index contributed by atoms with van der Waals surface area (Å²) in [7, 11) is 0. The Morgan fingerprint density at radius 3 is 2.41 bits per heavy atom. The van der Waals surface area contributed by atoms with Gasteiger partial charge in [0.05, 0.1) is 4.91 Å². The van der Waals surface area contributed by atoms with E-state index < -0.39 is 17.9 Å². The number of thioether (sulfide) groups is 1. The molecule has 1 atom stereocenters. The number of thiocarbonyl (C=S) groups is 1. The highest BCUT2D eigenvalue weighted by atomic mass is 32.2. The maximum Gasteiger partial charge on any atom is 0.326 e. The lowest BCUT2D eigenvalue weighted by Crippen LogP contribution is -2.43. The summed E-state index contributed by atoms with van der Waals surface area (Å²) in [4.78, 5) is 38.4. The van der Waals surface area contributed by atoms with Crippen LogP contribution in [0.1, 0.15) is 17.5 Å². The number of hydrogen-bond acceptors (Lipinski definition) is 5. The second-order valence-corrected chi connectivity index (χ2v) is 8.70. The summed E-state index contributed by atoms with van der Waals surface area (Å²) >= 11 is 6.46. The van der Waals surface area contributed by atoms with E-state index in [0.29, 0.717) is 9.23 Å². The third-order valence-corrected chi connectivity index (χ3v) is 6.08. The van der Waals surface area contributed by atoms with Gasteiger partial charge in [0.1, 0.15) is 10.4 Å². The zero-order valence-electron chi connectivity index (χ0n) is 17.1. The van der Waals surface area contributed by atoms with E-state index in [1.807, 2.05) is 54.6 Å². The molecule has 32 heavy (non-hydrogen) atoms. The van der Waals surface area contributed by atoms with Crippen LogP contribution in [0.5, 0.6) is 0 Å². The first-order valence-corrected chi connectivity index (χ1v) is 11.2. The molecule has 0 bridgehead atoms. The lowest BCUT2D eigenvalue weighted by Gasteiger charge is -2.17. The first-order valence-electron chi connectivity index (χ1n) is 9.97. The van der Waals surface area contributed by atoms with E-state index in [2.05, 4.69) is 5.32 Å². The Bertz CT molecular complexity index is 1050. The maximum absolute atomic E-state index is 12.6. The van der Waals surface area contributed by atoms with Crippen molar-refractivity contribution in [1.82, 2.24) is 10.2 Å². The molecule has 2 aromatic carbocycles. The molecule has 1 saturated heterocycles. The third kappa shape index (κ3) is 6.63. The van der Waals surface area contributed by atoms with E-state index >= 15 is 0 Å². The average Bonchev–Trinajstić information content (AvgIpc) is 3.05. The number of aliphatic carboxylic acids is 1. The molecule has 0 radical (unpaired) electrons. The molecule has 0 spiro atoms. The van der Waals surface area contributed by atoms with Gasteiger partial charge < -0.3 is 10.4 Å². The molecule has 8 heteroatoms. The Balaban J connectivity index is 1.54. The molecule has 0 aromatic heterocycles. The topological polar surface area (TPSA) is 86.7 Å². The van der Waals surface area contributed by atoms with Crippen molar-refractivity contribution < 1.29 is 19.5 Å². The normalized spacial score (nSPS) is 16.0. The SMILES string of the molecule is O=C(CCN1C(=O)/C(=C\C=C\c2ccccc2)SC1=S)N[C@H](Cc1ccccc1)C(=O)O. The van der Waals surface area contributed by atoms with Crippen LogP contribution in [0, 0.1) is 0 Å². The number of amides is 2. The molecule has 1 aliphatic rings. The molecule has 164 valence electrons. The Morgan fingerprint density at radius 2 is 1.75 bits per heavy atom. The molecular weight excluding hydrogens is 444 g/mol. The summed E-state index contributed by atoms with van der Waals surface area (Å²) in [5, 5.41) is 12.0. The van der Waals surface area contributed by atoms with Gasteiger partial charge in [-0.15, -0.1) is 0 Å². The van der Waals surface area contributed by atoms with Crippen LogP contribution in [-0.2, 0) is 20.8 Å². The number of carboxylic acid groups (broad SMARTS) is 1. The summed E-state index contributed by atoms with van der Waals surface area (Å²) in [5.41, 5.74) is 1.82. The van der Waals surface area contributed by atoms with Gasteiger partial charge in [-0.05, 0) is 17.2 Å². The van der Waals surface area contributed by atoms with Gasteiger partial charge in [-0.2, -0.15) is 0 Å². The predicted molar refractivity (Wildman–Crippen MR) is 130 cm³/mol. The van der Waals surface area contributed by atoms with Gasteiger partial charge in [-0.1, -0.05) is 96.8 Å². The lowest BCUT2D eigenvalue weighted by atomic mass is 10.1. The van der Waals surface area contributed by atoms with Crippen LogP contribution < -0.4 is 5.32 Å². The van der Waals surface area contributed by atoms with E-state index in [9.17, 15) is 19.5 Å². The van der Waals surface area contributed by atoms with E-state index in [4.69, 9.17) is 12.2 Å². The lowest BCUT2D eigenvalue weighted by molar-refractivity contribution is -0.141. The highest BCUT2D eigenvalue weighted by Crippen LogP contribution is 2.31. The third-order valence-electron chi connectivity index (χ3n) is 4.69. The molecule has 1 aliphatic heterocycles. The second-order valence-electron chi connectivity index (χ2n) is 7.02. The van der Waals surface area contributed by atoms with Crippen molar-refractivity contribution in [1.29, 1.82) is 0 Å². The Labute approximate surface area is 196 Å². The minimum absolute atomic E-state index is 0.0435. The van der Waals surface area contributed by atoms with Crippen LogP contribution in [-0.4, -0.2) is 44.7 Å². The molecule has 0 saturated carbocycles. The monoisotopic (exact) mass is 466 g/mol. The molecule has 2 amide bonds. The smallest absolute Gasteiger partial charge is 0.326 e. The summed E-state index contributed by atoms with van der Waals surface area (Å²) < 4.78 is 0.376. The van der Waals surface area contributed by atoms with E-state index in [0.717, 1.165) is 11.1 Å². The van der Waals surface area contributed by atoms with Crippen LogP contribution in [0.3, 0.4) is 0 Å². The maximum atomic E-state index is 12.6. The molecular formula is C24H22N2O4S2. The number of hydrogen-bond donors (Lipinski definition) is 2. The second kappa shape index (κ2) is 11.4. The fourth-order valence-corrected chi connectivity index (χ4v) is 4.31. The summed E-state index contributed by atoms with van der Waals surface area (Å²) in [6.45, 7) is 0.0912. The molecule has 0 unspecified atom stereocenters. The Kier molecular flexibility index (Phi) is 8.35. The van der Waals surface area contributed by atoms with Crippen molar-refractivity contribution >= 4 is 52.2 Å². The van der Waals surface area contributed by atoms with Gasteiger partial charge in [-0.3, -0.25) is 14.5 Å². The van der Waals surface area contributed by atoms with E-state index in [1.54, 1.807) is 24.3 Å². The van der Waals surface area contributed by atoms with Crippen molar-refractivity contribution in [3.05, 3.63) is 88.8 Å². The zero-order chi connectivity index (χ0) is 22.9. The number of rotatable bonds is 9. The first-order chi connectivity index (χ1) is 15.4. The van der Waals surface area contributed by atoms with Gasteiger partial charge in [0.15, 0.2) is 0 Å². The standard InChI is InChI=1S/C24H22N2O4S2/c27-21(25-19(23(29)30)16-18-10-5-2-6-11-18)14-15-26-22(28)20(32-24(26)31)13-7-12-17-8-3-1-4-9-17/h1-13,19H,14-16H2,(H,25,27)(H,29,30)/b12-7+,20-13+/t19-/m1/s1. The quantitative estimate of drug-likeness (QED) is 0.433. The molecule has 6 nitrogen and oxygen atoms in total. The van der Waals surface area contributed by atoms with Gasteiger partial charge in [-0.25, -0.2) is 4.79 Å². The minimum Gasteiger partial charge on any atom is -0.480 e. The van der Waals surface area contributed by atoms with Crippen molar-refractivity contribution in [2.24, 2.45) is 0 Å². The fourth-order valence-electron chi connectivity index (χ4n) is 3.05. The number of carbonyl (C=O) groups is 3. The molecule has 1 fully saturated rings. The average molecular weight is 467 g/mol. The molecule has 0 aliphatic carbocycles. The van der Waals surface area contributed by atoms with Crippen molar-refractivity contribution in [3.8, 4) is 0 Å². The molecule has 1 heterocycles. The highest BCUT2D eigenvalue weighted by Gasteiger charge is 2.32.